The third-order valence-electron chi connectivity index (χ3n) is 3.54. The van der Waals surface area contributed by atoms with E-state index in [1.807, 2.05) is 0 Å². The van der Waals surface area contributed by atoms with Crippen molar-refractivity contribution in [2.24, 2.45) is 5.92 Å². The van der Waals surface area contributed by atoms with Gasteiger partial charge in [-0.05, 0) is 37.1 Å². The molecule has 118 valence electrons. The highest BCUT2D eigenvalue weighted by Crippen LogP contribution is 2.19. The number of hydrogen-bond donors (Lipinski definition) is 2. The Hall–Kier alpha value is -2.44. The van der Waals surface area contributed by atoms with Gasteiger partial charge in [0.05, 0.1) is 0 Å². The summed E-state index contributed by atoms with van der Waals surface area (Å²) in [6.45, 7) is 1.18. The van der Waals surface area contributed by atoms with Crippen molar-refractivity contribution >= 4 is 23.5 Å². The quantitative estimate of drug-likeness (QED) is 0.779. The average molecular weight is 308 g/mol. The number of nitrogens with one attached hydrogen (secondary N) is 1. The number of carboxylic acid groups (broad SMARTS) is 1. The fourth-order valence-electron chi connectivity index (χ4n) is 2.15. The molecule has 1 fully saturated rings. The maximum Gasteiger partial charge on any atom is 0.303 e. The highest BCUT2D eigenvalue weighted by molar-refractivity contribution is 6.06. The van der Waals surface area contributed by atoms with Gasteiger partial charge in [0.25, 0.3) is 0 Å². The Bertz CT molecular complexity index is 569. The Balaban J connectivity index is 2.05. The van der Waals surface area contributed by atoms with Gasteiger partial charge in [-0.15, -0.1) is 0 Å². The van der Waals surface area contributed by atoms with Gasteiger partial charge in [0.2, 0.25) is 11.8 Å². The first-order valence-electron chi connectivity index (χ1n) is 7.04. The van der Waals surface area contributed by atoms with Crippen LogP contribution in [0.25, 0.3) is 0 Å². The fraction of sp³-hybridized carbons (Fsp3) is 0.400. The molecular formula is C15H17FN2O4. The number of amides is 2. The molecule has 7 heteroatoms. The monoisotopic (exact) mass is 308 g/mol. The van der Waals surface area contributed by atoms with E-state index in [9.17, 15) is 18.8 Å². The van der Waals surface area contributed by atoms with E-state index in [0.717, 1.165) is 6.42 Å². The molecule has 0 bridgehead atoms. The number of nitrogens with zero attached hydrogens (tertiary/aromatic N) is 1. The number of hydrogen-bond acceptors (Lipinski definition) is 3. The van der Waals surface area contributed by atoms with Crippen molar-refractivity contribution in [2.45, 2.75) is 19.3 Å². The number of benzene rings is 1. The van der Waals surface area contributed by atoms with Gasteiger partial charge in [0.1, 0.15) is 11.7 Å². The van der Waals surface area contributed by atoms with Crippen LogP contribution in [0.5, 0.6) is 0 Å². The van der Waals surface area contributed by atoms with Crippen LogP contribution in [0.4, 0.5) is 10.1 Å². The van der Waals surface area contributed by atoms with Crippen molar-refractivity contribution in [1.29, 1.82) is 0 Å². The number of halogens is 1. The van der Waals surface area contributed by atoms with Crippen LogP contribution < -0.4 is 5.32 Å². The molecule has 1 aliphatic rings. The Morgan fingerprint density at radius 2 is 1.86 bits per heavy atom. The van der Waals surface area contributed by atoms with Crippen molar-refractivity contribution in [2.75, 3.05) is 18.4 Å². The second-order valence-corrected chi connectivity index (χ2v) is 5.16. The largest absolute Gasteiger partial charge is 0.481 e. The molecule has 2 rings (SSSR count). The molecule has 1 saturated heterocycles. The number of aliphatic carboxylic acids is 1. The molecule has 6 nitrogen and oxygen atoms in total. The van der Waals surface area contributed by atoms with Crippen LogP contribution in [0.15, 0.2) is 24.3 Å². The summed E-state index contributed by atoms with van der Waals surface area (Å²) in [5, 5.41) is 11.3. The molecule has 1 aromatic rings. The van der Waals surface area contributed by atoms with Gasteiger partial charge in [0, 0.05) is 25.2 Å². The first-order valence-corrected chi connectivity index (χ1v) is 7.04. The molecule has 1 aromatic carbocycles. The summed E-state index contributed by atoms with van der Waals surface area (Å²) in [4.78, 5) is 36.7. The Morgan fingerprint density at radius 1 is 1.23 bits per heavy atom. The molecule has 0 spiro atoms. The molecule has 2 N–H and O–H groups in total. The van der Waals surface area contributed by atoms with Crippen molar-refractivity contribution < 1.29 is 23.9 Å². The van der Waals surface area contributed by atoms with Gasteiger partial charge in [0.15, 0.2) is 0 Å². The van der Waals surface area contributed by atoms with E-state index in [0.29, 0.717) is 18.8 Å². The van der Waals surface area contributed by atoms with Crippen LogP contribution in [-0.2, 0) is 14.4 Å². The highest BCUT2D eigenvalue weighted by Gasteiger charge is 2.33. The molecule has 1 atom stereocenters. The highest BCUT2D eigenvalue weighted by atomic mass is 19.1. The van der Waals surface area contributed by atoms with E-state index >= 15 is 0 Å². The second kappa shape index (κ2) is 7.02. The summed E-state index contributed by atoms with van der Waals surface area (Å²) in [5.41, 5.74) is 0.364. The van der Waals surface area contributed by atoms with Crippen LogP contribution in [0.3, 0.4) is 0 Å². The maximum absolute atomic E-state index is 12.8. The van der Waals surface area contributed by atoms with Crippen LogP contribution in [0.1, 0.15) is 19.3 Å². The Morgan fingerprint density at radius 3 is 2.36 bits per heavy atom. The summed E-state index contributed by atoms with van der Waals surface area (Å²) >= 11 is 0. The zero-order chi connectivity index (χ0) is 16.1. The summed E-state index contributed by atoms with van der Waals surface area (Å²) in [7, 11) is 0. The van der Waals surface area contributed by atoms with Gasteiger partial charge in [-0.25, -0.2) is 4.39 Å². The normalized spacial score (nSPS) is 14.9. The Labute approximate surface area is 126 Å². The molecule has 0 unspecified atom stereocenters. The van der Waals surface area contributed by atoms with E-state index in [2.05, 4.69) is 5.32 Å². The molecule has 0 saturated carbocycles. The lowest BCUT2D eigenvalue weighted by atomic mass is 9.98. The minimum absolute atomic E-state index is 0.0578. The molecule has 2 amide bonds. The molecule has 22 heavy (non-hydrogen) atoms. The summed E-state index contributed by atoms with van der Waals surface area (Å²) in [6.07, 6.45) is 0.565. The zero-order valence-electron chi connectivity index (χ0n) is 11.9. The van der Waals surface area contributed by atoms with Gasteiger partial charge < -0.3 is 15.3 Å². The average Bonchev–Trinajstić information content (AvgIpc) is 2.39. The van der Waals surface area contributed by atoms with Crippen LogP contribution in [0, 0.1) is 11.7 Å². The van der Waals surface area contributed by atoms with E-state index in [1.165, 1.54) is 29.2 Å². The lowest BCUT2D eigenvalue weighted by Crippen LogP contribution is -2.48. The standard InChI is InChI=1S/C15H17FN2O4/c16-10-2-4-11(5-3-10)17-14(21)12(6-7-13(19)20)15(22)18-8-1-9-18/h2-5,12H,1,6-9H2,(H,17,21)(H,19,20)/t12-/m0/s1. The molecule has 0 aliphatic carbocycles. The third kappa shape index (κ3) is 4.03. The fourth-order valence-corrected chi connectivity index (χ4v) is 2.15. The molecule has 1 heterocycles. The second-order valence-electron chi connectivity index (χ2n) is 5.16. The zero-order valence-corrected chi connectivity index (χ0v) is 11.9. The maximum atomic E-state index is 12.8. The SMILES string of the molecule is O=C(O)CC[C@@H](C(=O)Nc1ccc(F)cc1)C(=O)N1CCC1. The first kappa shape index (κ1) is 15.9. The molecule has 0 aromatic heterocycles. The molecule has 0 radical (unpaired) electrons. The van der Waals surface area contributed by atoms with E-state index < -0.39 is 23.6 Å². The number of rotatable bonds is 6. The topological polar surface area (TPSA) is 86.7 Å². The number of likely N-dealkylation sites (tertiary alicyclic amines) is 1. The van der Waals surface area contributed by atoms with Crippen LogP contribution >= 0.6 is 0 Å². The van der Waals surface area contributed by atoms with Gasteiger partial charge >= 0.3 is 5.97 Å². The van der Waals surface area contributed by atoms with Gasteiger partial charge in [-0.1, -0.05) is 0 Å². The third-order valence-corrected chi connectivity index (χ3v) is 3.54. The van der Waals surface area contributed by atoms with Crippen molar-refractivity contribution in [3.8, 4) is 0 Å². The minimum Gasteiger partial charge on any atom is -0.481 e. The summed E-state index contributed by atoms with van der Waals surface area (Å²) in [5.74, 6) is -3.45. The number of carboxylic acids is 1. The van der Waals surface area contributed by atoms with Crippen molar-refractivity contribution in [3.05, 3.63) is 30.1 Å². The number of anilines is 1. The predicted molar refractivity (Wildman–Crippen MR) is 76.6 cm³/mol. The summed E-state index contributed by atoms with van der Waals surface area (Å²) < 4.78 is 12.8. The predicted octanol–water partition coefficient (Wildman–Crippen LogP) is 1.48. The van der Waals surface area contributed by atoms with E-state index in [-0.39, 0.29) is 18.7 Å². The lowest BCUT2D eigenvalue weighted by molar-refractivity contribution is -0.144. The molecular weight excluding hydrogens is 291 g/mol. The number of carbonyl (C=O) groups is 3. The van der Waals surface area contributed by atoms with Crippen LogP contribution in [0.2, 0.25) is 0 Å². The van der Waals surface area contributed by atoms with E-state index in [4.69, 9.17) is 5.11 Å². The first-order chi connectivity index (χ1) is 10.5. The Kier molecular flexibility index (Phi) is 5.08. The van der Waals surface area contributed by atoms with Gasteiger partial charge in [-0.2, -0.15) is 0 Å². The van der Waals surface area contributed by atoms with Crippen LogP contribution in [-0.4, -0.2) is 40.9 Å². The lowest BCUT2D eigenvalue weighted by Gasteiger charge is -2.33. The van der Waals surface area contributed by atoms with E-state index in [1.54, 1.807) is 0 Å². The smallest absolute Gasteiger partial charge is 0.303 e. The van der Waals surface area contributed by atoms with Crippen molar-refractivity contribution in [3.63, 3.8) is 0 Å². The van der Waals surface area contributed by atoms with Gasteiger partial charge in [-0.3, -0.25) is 14.4 Å². The summed E-state index contributed by atoms with van der Waals surface area (Å²) in [6, 6.07) is 5.16. The van der Waals surface area contributed by atoms with Crippen molar-refractivity contribution in [1.82, 2.24) is 4.90 Å². The minimum atomic E-state index is -1.06. The molecule has 1 aliphatic heterocycles. The number of carbonyl (C=O) groups excluding carboxylic acids is 2.